The largest absolute Gasteiger partial charge is 0.457 e. The van der Waals surface area contributed by atoms with Crippen LogP contribution in [0, 0.1) is 12.7 Å². The van der Waals surface area contributed by atoms with E-state index in [4.69, 9.17) is 9.76 Å². The van der Waals surface area contributed by atoms with Crippen molar-refractivity contribution in [3.63, 3.8) is 0 Å². The minimum absolute atomic E-state index is 0.000556. The highest BCUT2D eigenvalue weighted by atomic mass is 19.1. The molecule has 2 nitrogen and oxygen atoms in total. The van der Waals surface area contributed by atoms with Crippen LogP contribution >= 0.6 is 0 Å². The summed E-state index contributed by atoms with van der Waals surface area (Å²) in [5.41, 5.74) is 1.40. The SMILES string of the molecule is Cc1ccc(Oc2ccc(BO)cc2)cc1F. The van der Waals surface area contributed by atoms with Crippen LogP contribution in [0.15, 0.2) is 42.5 Å². The average molecular weight is 230 g/mol. The summed E-state index contributed by atoms with van der Waals surface area (Å²) < 4.78 is 18.8. The molecule has 0 spiro atoms. The van der Waals surface area contributed by atoms with Gasteiger partial charge in [0.15, 0.2) is 0 Å². The minimum atomic E-state index is -0.283. The Kier molecular flexibility index (Phi) is 3.45. The molecule has 2 rings (SSSR count). The fourth-order valence-electron chi connectivity index (χ4n) is 1.44. The van der Waals surface area contributed by atoms with E-state index in [1.54, 1.807) is 43.3 Å². The van der Waals surface area contributed by atoms with Gasteiger partial charge in [-0.3, -0.25) is 0 Å². The highest BCUT2D eigenvalue weighted by Crippen LogP contribution is 2.22. The molecule has 4 heteroatoms. The van der Waals surface area contributed by atoms with Crippen LogP contribution in [0.4, 0.5) is 4.39 Å². The topological polar surface area (TPSA) is 29.5 Å². The van der Waals surface area contributed by atoms with E-state index < -0.39 is 0 Å². The predicted octanol–water partition coefficient (Wildman–Crippen LogP) is 1.90. The first-order valence-electron chi connectivity index (χ1n) is 5.33. The molecule has 0 fully saturated rings. The normalized spacial score (nSPS) is 10.1. The first-order chi connectivity index (χ1) is 8.19. The van der Waals surface area contributed by atoms with E-state index in [1.807, 2.05) is 0 Å². The van der Waals surface area contributed by atoms with Crippen molar-refractivity contribution in [1.82, 2.24) is 0 Å². The summed E-state index contributed by atoms with van der Waals surface area (Å²) in [4.78, 5) is 0. The van der Waals surface area contributed by atoms with Crippen molar-refractivity contribution in [2.45, 2.75) is 6.92 Å². The Hall–Kier alpha value is -1.81. The predicted molar refractivity (Wildman–Crippen MR) is 66.7 cm³/mol. The fraction of sp³-hybridized carbons (Fsp3) is 0.0769. The smallest absolute Gasteiger partial charge is 0.304 e. The lowest BCUT2D eigenvalue weighted by Crippen LogP contribution is -2.11. The van der Waals surface area contributed by atoms with Crippen molar-refractivity contribution in [3.8, 4) is 11.5 Å². The van der Waals surface area contributed by atoms with Gasteiger partial charge in [-0.1, -0.05) is 23.7 Å². The number of ether oxygens (including phenoxy) is 1. The Morgan fingerprint density at radius 2 is 1.71 bits per heavy atom. The minimum Gasteiger partial charge on any atom is -0.457 e. The van der Waals surface area contributed by atoms with Crippen molar-refractivity contribution < 1.29 is 14.2 Å². The van der Waals surface area contributed by atoms with Gasteiger partial charge in [0.2, 0.25) is 0 Å². The molecular weight excluding hydrogens is 218 g/mol. The molecule has 2 aromatic rings. The maximum atomic E-state index is 13.3. The molecule has 0 saturated carbocycles. The van der Waals surface area contributed by atoms with E-state index in [1.165, 1.54) is 6.07 Å². The number of rotatable bonds is 3. The molecule has 1 N–H and O–H groups in total. The average Bonchev–Trinajstić information content (AvgIpc) is 2.35. The molecule has 0 saturated heterocycles. The van der Waals surface area contributed by atoms with Gasteiger partial charge in [0.05, 0.1) is 0 Å². The molecule has 0 unspecified atom stereocenters. The number of halogens is 1. The van der Waals surface area contributed by atoms with E-state index in [9.17, 15) is 4.39 Å². The lowest BCUT2D eigenvalue weighted by molar-refractivity contribution is 0.476. The summed E-state index contributed by atoms with van der Waals surface area (Å²) in [6.45, 7) is 1.70. The lowest BCUT2D eigenvalue weighted by Gasteiger charge is -2.07. The van der Waals surface area contributed by atoms with Crippen LogP contribution in [0.25, 0.3) is 0 Å². The number of hydrogen-bond donors (Lipinski definition) is 1. The Labute approximate surface area is 99.9 Å². The Morgan fingerprint density at radius 1 is 1.06 bits per heavy atom. The number of benzene rings is 2. The van der Waals surface area contributed by atoms with Gasteiger partial charge in [0.25, 0.3) is 0 Å². The first kappa shape index (κ1) is 11.7. The summed E-state index contributed by atoms with van der Waals surface area (Å²) in [5, 5.41) is 8.89. The molecule has 0 heterocycles. The van der Waals surface area contributed by atoms with E-state index in [2.05, 4.69) is 0 Å². The molecule has 0 aliphatic heterocycles. The summed E-state index contributed by atoms with van der Waals surface area (Å²) in [6.07, 6.45) is 0. The van der Waals surface area contributed by atoms with E-state index in [0.29, 0.717) is 17.1 Å². The summed E-state index contributed by atoms with van der Waals surface area (Å²) in [5.74, 6) is 0.796. The molecule has 17 heavy (non-hydrogen) atoms. The first-order valence-corrected chi connectivity index (χ1v) is 5.33. The molecule has 2 aromatic carbocycles. The van der Waals surface area contributed by atoms with Crippen LogP contribution in [-0.2, 0) is 0 Å². The maximum Gasteiger partial charge on any atom is 0.304 e. The van der Waals surface area contributed by atoms with Gasteiger partial charge in [-0.25, -0.2) is 4.39 Å². The van der Waals surface area contributed by atoms with Gasteiger partial charge >= 0.3 is 7.48 Å². The highest BCUT2D eigenvalue weighted by Gasteiger charge is 2.02. The molecule has 0 bridgehead atoms. The van der Waals surface area contributed by atoms with Crippen LogP contribution in [0.2, 0.25) is 0 Å². The quantitative estimate of drug-likeness (QED) is 0.816. The van der Waals surface area contributed by atoms with Gasteiger partial charge in [0, 0.05) is 6.07 Å². The van der Waals surface area contributed by atoms with E-state index >= 15 is 0 Å². The van der Waals surface area contributed by atoms with Crippen LogP contribution in [0.5, 0.6) is 11.5 Å². The van der Waals surface area contributed by atoms with Crippen LogP contribution in [0.3, 0.4) is 0 Å². The zero-order chi connectivity index (χ0) is 12.3. The zero-order valence-electron chi connectivity index (χ0n) is 9.48. The van der Waals surface area contributed by atoms with E-state index in [0.717, 1.165) is 5.46 Å². The number of hydrogen-bond acceptors (Lipinski definition) is 2. The zero-order valence-corrected chi connectivity index (χ0v) is 9.48. The molecule has 0 atom stereocenters. The van der Waals surface area contributed by atoms with Crippen molar-refractivity contribution in [1.29, 1.82) is 0 Å². The van der Waals surface area contributed by atoms with Crippen LogP contribution in [-0.4, -0.2) is 12.5 Å². The number of aryl methyl sites for hydroxylation is 1. The Morgan fingerprint density at radius 3 is 2.29 bits per heavy atom. The second-order valence-electron chi connectivity index (χ2n) is 3.82. The molecule has 86 valence electrons. The van der Waals surface area contributed by atoms with Crippen molar-refractivity contribution >= 4 is 12.9 Å². The van der Waals surface area contributed by atoms with Crippen molar-refractivity contribution in [2.24, 2.45) is 0 Å². The van der Waals surface area contributed by atoms with Gasteiger partial charge in [-0.2, -0.15) is 0 Å². The standard InChI is InChI=1S/C13H12BFO2/c1-9-2-5-12(8-13(9)15)17-11-6-3-10(14-16)4-7-11/h2-8,14,16H,1H3. The molecular formula is C13H12BFO2. The van der Waals surface area contributed by atoms with Gasteiger partial charge < -0.3 is 9.76 Å². The Bertz CT molecular complexity index is 511. The second kappa shape index (κ2) is 5.02. The highest BCUT2D eigenvalue weighted by molar-refractivity contribution is 6.45. The Balaban J connectivity index is 2.16. The lowest BCUT2D eigenvalue weighted by atomic mass is 9.89. The van der Waals surface area contributed by atoms with Crippen LogP contribution < -0.4 is 10.2 Å². The third kappa shape index (κ3) is 2.85. The third-order valence-electron chi connectivity index (χ3n) is 2.48. The van der Waals surface area contributed by atoms with Crippen molar-refractivity contribution in [3.05, 3.63) is 53.8 Å². The maximum absolute atomic E-state index is 13.3. The summed E-state index contributed by atoms with van der Waals surface area (Å²) >= 11 is 0. The van der Waals surface area contributed by atoms with Gasteiger partial charge in [0.1, 0.15) is 17.3 Å². The molecule has 0 aliphatic rings. The molecule has 0 amide bonds. The fourth-order valence-corrected chi connectivity index (χ4v) is 1.44. The molecule has 0 aromatic heterocycles. The monoisotopic (exact) mass is 230 g/mol. The summed E-state index contributed by atoms with van der Waals surface area (Å²) in [7, 11) is -0.000556. The third-order valence-corrected chi connectivity index (χ3v) is 2.48. The summed E-state index contributed by atoms with van der Waals surface area (Å²) in [6, 6.07) is 11.8. The van der Waals surface area contributed by atoms with Crippen molar-refractivity contribution in [2.75, 3.05) is 0 Å². The molecule has 0 aliphatic carbocycles. The van der Waals surface area contributed by atoms with Gasteiger partial charge in [-0.05, 0) is 30.7 Å². The van der Waals surface area contributed by atoms with Crippen LogP contribution in [0.1, 0.15) is 5.56 Å². The second-order valence-corrected chi connectivity index (χ2v) is 3.82. The van der Waals surface area contributed by atoms with Gasteiger partial charge in [-0.15, -0.1) is 0 Å². The van der Waals surface area contributed by atoms with E-state index in [-0.39, 0.29) is 13.3 Å². The molecule has 0 radical (unpaired) electrons.